The van der Waals surface area contributed by atoms with Crippen LogP contribution in [0.3, 0.4) is 0 Å². The molecular weight excluding hydrogens is 202 g/mol. The molecule has 2 fully saturated rings. The maximum atomic E-state index is 11.5. The van der Waals surface area contributed by atoms with Crippen molar-refractivity contribution in [2.45, 2.75) is 31.7 Å². The number of rotatable bonds is 6. The van der Waals surface area contributed by atoms with E-state index in [1.54, 1.807) is 0 Å². The van der Waals surface area contributed by atoms with Crippen LogP contribution in [0.2, 0.25) is 0 Å². The summed E-state index contributed by atoms with van der Waals surface area (Å²) in [7, 11) is 2.04. The highest BCUT2D eigenvalue weighted by Crippen LogP contribution is 2.40. The van der Waals surface area contributed by atoms with Crippen LogP contribution in [0.1, 0.15) is 26.2 Å². The molecule has 0 aromatic carbocycles. The van der Waals surface area contributed by atoms with E-state index in [2.05, 4.69) is 11.8 Å². The van der Waals surface area contributed by atoms with Gasteiger partial charge in [-0.2, -0.15) is 0 Å². The molecule has 0 aliphatic heterocycles. The molecule has 2 rings (SSSR count). The predicted molar refractivity (Wildman–Crippen MR) is 63.6 cm³/mol. The first kappa shape index (κ1) is 11.9. The van der Waals surface area contributed by atoms with Gasteiger partial charge in [0.2, 0.25) is 5.91 Å². The minimum absolute atomic E-state index is 0.309. The Morgan fingerprint density at radius 3 is 2.44 bits per heavy atom. The quantitative estimate of drug-likeness (QED) is 0.676. The zero-order valence-electron chi connectivity index (χ0n) is 10.3. The SMILES string of the molecule is CC1CC1CN(C)CC(N)(C(N)=O)C1CC1. The number of primary amides is 1. The molecule has 1 amide bonds. The van der Waals surface area contributed by atoms with Gasteiger partial charge < -0.3 is 16.4 Å². The molecule has 0 saturated heterocycles. The Morgan fingerprint density at radius 1 is 1.50 bits per heavy atom. The van der Waals surface area contributed by atoms with Gasteiger partial charge in [0, 0.05) is 13.1 Å². The van der Waals surface area contributed by atoms with Crippen molar-refractivity contribution in [1.29, 1.82) is 0 Å². The molecular formula is C12H23N3O. The number of hydrogen-bond donors (Lipinski definition) is 2. The average molecular weight is 225 g/mol. The monoisotopic (exact) mass is 225 g/mol. The third-order valence-electron chi connectivity index (χ3n) is 4.12. The normalized spacial score (nSPS) is 32.5. The molecule has 0 aromatic rings. The summed E-state index contributed by atoms with van der Waals surface area (Å²) in [5.41, 5.74) is 10.8. The van der Waals surface area contributed by atoms with Crippen LogP contribution in [0.15, 0.2) is 0 Å². The smallest absolute Gasteiger partial charge is 0.239 e. The Bertz CT molecular complexity index is 290. The first-order valence-electron chi connectivity index (χ1n) is 6.21. The Balaban J connectivity index is 1.87. The van der Waals surface area contributed by atoms with E-state index in [9.17, 15) is 4.79 Å². The number of hydrogen-bond acceptors (Lipinski definition) is 3. The molecule has 0 bridgehead atoms. The summed E-state index contributed by atoms with van der Waals surface area (Å²) >= 11 is 0. The number of nitrogens with zero attached hydrogens (tertiary/aromatic N) is 1. The minimum atomic E-state index is -0.799. The number of likely N-dealkylation sites (N-methyl/N-ethyl adjacent to an activating group) is 1. The van der Waals surface area contributed by atoms with E-state index in [0.717, 1.165) is 31.2 Å². The van der Waals surface area contributed by atoms with Gasteiger partial charge in [-0.1, -0.05) is 6.92 Å². The lowest BCUT2D eigenvalue weighted by Crippen LogP contribution is -2.60. The third kappa shape index (κ3) is 2.38. The van der Waals surface area contributed by atoms with Crippen molar-refractivity contribution in [1.82, 2.24) is 4.90 Å². The molecule has 0 aromatic heterocycles. The molecule has 2 saturated carbocycles. The van der Waals surface area contributed by atoms with Gasteiger partial charge in [-0.25, -0.2) is 0 Å². The summed E-state index contributed by atoms with van der Waals surface area (Å²) in [5, 5.41) is 0. The van der Waals surface area contributed by atoms with E-state index in [4.69, 9.17) is 11.5 Å². The number of carbonyl (C=O) groups is 1. The molecule has 0 heterocycles. The standard InChI is InChI=1S/C12H23N3O/c1-8-5-9(8)6-15(2)7-12(14,11(13)16)10-3-4-10/h8-10H,3-7,14H2,1-2H3,(H2,13,16). The van der Waals surface area contributed by atoms with Crippen molar-refractivity contribution >= 4 is 5.91 Å². The summed E-state index contributed by atoms with van der Waals surface area (Å²) in [4.78, 5) is 13.7. The van der Waals surface area contributed by atoms with E-state index in [-0.39, 0.29) is 5.91 Å². The first-order valence-corrected chi connectivity index (χ1v) is 6.21. The average Bonchev–Trinajstić information content (AvgIpc) is 3.02. The lowest BCUT2D eigenvalue weighted by Gasteiger charge is -2.31. The van der Waals surface area contributed by atoms with Gasteiger partial charge in [-0.15, -0.1) is 0 Å². The zero-order chi connectivity index (χ0) is 11.9. The van der Waals surface area contributed by atoms with Crippen molar-refractivity contribution in [2.75, 3.05) is 20.1 Å². The van der Waals surface area contributed by atoms with Gasteiger partial charge in [0.15, 0.2) is 0 Å². The second-order valence-corrected chi connectivity index (χ2v) is 5.85. The Labute approximate surface area is 97.3 Å². The van der Waals surface area contributed by atoms with Crippen LogP contribution in [0.5, 0.6) is 0 Å². The van der Waals surface area contributed by atoms with E-state index >= 15 is 0 Å². The highest BCUT2D eigenvalue weighted by molar-refractivity contribution is 5.85. The summed E-state index contributed by atoms with van der Waals surface area (Å²) in [6.45, 7) is 3.92. The van der Waals surface area contributed by atoms with E-state index < -0.39 is 5.54 Å². The maximum Gasteiger partial charge on any atom is 0.239 e. The molecule has 4 N–H and O–H groups in total. The van der Waals surface area contributed by atoms with Gasteiger partial charge in [-0.3, -0.25) is 4.79 Å². The summed E-state index contributed by atoms with van der Waals surface area (Å²) in [6.07, 6.45) is 3.40. The lowest BCUT2D eigenvalue weighted by molar-refractivity contribution is -0.124. The highest BCUT2D eigenvalue weighted by Gasteiger charge is 2.47. The second-order valence-electron chi connectivity index (χ2n) is 5.85. The molecule has 4 heteroatoms. The molecule has 0 spiro atoms. The van der Waals surface area contributed by atoms with Crippen molar-refractivity contribution < 1.29 is 4.79 Å². The van der Waals surface area contributed by atoms with Crippen LogP contribution in [-0.4, -0.2) is 36.5 Å². The fraction of sp³-hybridized carbons (Fsp3) is 0.917. The fourth-order valence-electron chi connectivity index (χ4n) is 2.57. The van der Waals surface area contributed by atoms with Crippen LogP contribution < -0.4 is 11.5 Å². The van der Waals surface area contributed by atoms with Crippen LogP contribution >= 0.6 is 0 Å². The second kappa shape index (κ2) is 4.00. The number of carbonyl (C=O) groups excluding carboxylic acids is 1. The first-order chi connectivity index (χ1) is 7.43. The summed E-state index contributed by atoms with van der Waals surface area (Å²) < 4.78 is 0. The molecule has 4 nitrogen and oxygen atoms in total. The van der Waals surface area contributed by atoms with Crippen LogP contribution in [-0.2, 0) is 4.79 Å². The topological polar surface area (TPSA) is 72.3 Å². The van der Waals surface area contributed by atoms with Gasteiger partial charge >= 0.3 is 0 Å². The third-order valence-corrected chi connectivity index (χ3v) is 4.12. The van der Waals surface area contributed by atoms with Crippen LogP contribution in [0.4, 0.5) is 0 Å². The van der Waals surface area contributed by atoms with E-state index in [1.807, 2.05) is 7.05 Å². The zero-order valence-corrected chi connectivity index (χ0v) is 10.3. The van der Waals surface area contributed by atoms with E-state index in [0.29, 0.717) is 12.5 Å². The number of nitrogens with two attached hydrogens (primary N) is 2. The Hall–Kier alpha value is -0.610. The van der Waals surface area contributed by atoms with Crippen molar-refractivity contribution in [3.05, 3.63) is 0 Å². The maximum absolute atomic E-state index is 11.5. The molecule has 2 aliphatic rings. The van der Waals surface area contributed by atoms with Gasteiger partial charge in [0.05, 0.1) is 0 Å². The van der Waals surface area contributed by atoms with Gasteiger partial charge in [0.1, 0.15) is 5.54 Å². The Morgan fingerprint density at radius 2 is 2.06 bits per heavy atom. The largest absolute Gasteiger partial charge is 0.368 e. The Kier molecular flexibility index (Phi) is 2.97. The summed E-state index contributed by atoms with van der Waals surface area (Å²) in [6, 6.07) is 0. The highest BCUT2D eigenvalue weighted by atomic mass is 16.1. The van der Waals surface area contributed by atoms with Crippen molar-refractivity contribution in [3.63, 3.8) is 0 Å². The van der Waals surface area contributed by atoms with Crippen LogP contribution in [0, 0.1) is 17.8 Å². The predicted octanol–water partition coefficient (Wildman–Crippen LogP) is 0.167. The van der Waals surface area contributed by atoms with Crippen LogP contribution in [0.25, 0.3) is 0 Å². The molecule has 0 radical (unpaired) electrons. The lowest BCUT2D eigenvalue weighted by atomic mass is 9.93. The summed E-state index contributed by atoms with van der Waals surface area (Å²) in [5.74, 6) is 1.60. The van der Waals surface area contributed by atoms with Crippen molar-refractivity contribution in [2.24, 2.45) is 29.2 Å². The fourth-order valence-corrected chi connectivity index (χ4v) is 2.57. The van der Waals surface area contributed by atoms with E-state index in [1.165, 1.54) is 6.42 Å². The molecule has 16 heavy (non-hydrogen) atoms. The number of amides is 1. The minimum Gasteiger partial charge on any atom is -0.368 e. The molecule has 92 valence electrons. The van der Waals surface area contributed by atoms with Gasteiger partial charge in [-0.05, 0) is 44.1 Å². The molecule has 3 atom stereocenters. The van der Waals surface area contributed by atoms with Gasteiger partial charge in [0.25, 0.3) is 0 Å². The van der Waals surface area contributed by atoms with Crippen molar-refractivity contribution in [3.8, 4) is 0 Å². The molecule has 2 aliphatic carbocycles. The molecule has 3 unspecified atom stereocenters.